The first kappa shape index (κ1) is 33.4. The fourth-order valence-electron chi connectivity index (χ4n) is 4.71. The number of aliphatic hydroxyl groups excluding tert-OH is 2. The van der Waals surface area contributed by atoms with Gasteiger partial charge in [0, 0.05) is 6.42 Å². The van der Waals surface area contributed by atoms with E-state index in [-0.39, 0.29) is 12.5 Å². The molecule has 3 N–H and O–H groups in total. The minimum Gasteiger partial charge on any atom is -0.394 e. The Morgan fingerprint density at radius 3 is 1.32 bits per heavy atom. The van der Waals surface area contributed by atoms with Crippen LogP contribution in [-0.2, 0) is 4.79 Å². The fourth-order valence-corrected chi connectivity index (χ4v) is 4.71. The van der Waals surface area contributed by atoms with Crippen molar-refractivity contribution in [3.8, 4) is 0 Å². The summed E-state index contributed by atoms with van der Waals surface area (Å²) in [5.41, 5.74) is 0. The molecule has 1 amide bonds. The Balaban J connectivity index is 3.58. The zero-order chi connectivity index (χ0) is 25.1. The van der Waals surface area contributed by atoms with Gasteiger partial charge in [-0.05, 0) is 12.8 Å². The van der Waals surface area contributed by atoms with E-state index in [1.165, 1.54) is 116 Å². The average molecular weight is 484 g/mol. The molecule has 0 heterocycles. The molecule has 2 atom stereocenters. The summed E-state index contributed by atoms with van der Waals surface area (Å²) >= 11 is 0. The average Bonchev–Trinajstić information content (AvgIpc) is 2.84. The van der Waals surface area contributed by atoms with Crippen molar-refractivity contribution in [3.63, 3.8) is 0 Å². The zero-order valence-electron chi connectivity index (χ0n) is 23.1. The summed E-state index contributed by atoms with van der Waals surface area (Å²) in [6.07, 6.45) is 28.6. The first-order chi connectivity index (χ1) is 16.7. The third kappa shape index (κ3) is 23.1. The van der Waals surface area contributed by atoms with Gasteiger partial charge in [0.2, 0.25) is 5.91 Å². The van der Waals surface area contributed by atoms with E-state index in [2.05, 4.69) is 19.2 Å². The van der Waals surface area contributed by atoms with Gasteiger partial charge in [0.25, 0.3) is 0 Å². The van der Waals surface area contributed by atoms with Gasteiger partial charge in [-0.3, -0.25) is 4.79 Å². The third-order valence-electron chi connectivity index (χ3n) is 7.12. The van der Waals surface area contributed by atoms with Crippen molar-refractivity contribution < 1.29 is 15.0 Å². The maximum absolute atomic E-state index is 12.2. The molecule has 0 aromatic carbocycles. The highest BCUT2D eigenvalue weighted by Crippen LogP contribution is 2.14. The number of carbonyl (C=O) groups is 1. The van der Waals surface area contributed by atoms with Crippen LogP contribution in [0, 0.1) is 0 Å². The highest BCUT2D eigenvalue weighted by molar-refractivity contribution is 5.76. The lowest BCUT2D eigenvalue weighted by Gasteiger charge is -2.22. The van der Waals surface area contributed by atoms with E-state index in [9.17, 15) is 15.0 Å². The summed E-state index contributed by atoms with van der Waals surface area (Å²) in [6, 6.07) is -0.525. The molecule has 0 unspecified atom stereocenters. The molecule has 0 bridgehead atoms. The van der Waals surface area contributed by atoms with Gasteiger partial charge in [-0.1, -0.05) is 149 Å². The molecule has 0 fully saturated rings. The molecule has 0 aromatic rings. The van der Waals surface area contributed by atoms with E-state index in [1.54, 1.807) is 0 Å². The Kier molecular flexibility index (Phi) is 26.5. The summed E-state index contributed by atoms with van der Waals surface area (Å²) in [4.78, 5) is 12.2. The Hall–Kier alpha value is -0.610. The molecule has 0 aliphatic carbocycles. The van der Waals surface area contributed by atoms with Crippen molar-refractivity contribution in [1.29, 1.82) is 0 Å². The Labute approximate surface area is 213 Å². The molecule has 4 heteroatoms. The standard InChI is InChI=1S/C30H61NO3/c1-3-5-7-9-11-13-14-15-16-18-19-21-23-25-29(33)28(27-32)31-30(34)26-24-22-20-17-12-10-8-6-4-2/h28-29,32-33H,3-27H2,1-2H3,(H,31,34)/t28-,29+/m0/s1. The Bertz CT molecular complexity index is 416. The predicted molar refractivity (Wildman–Crippen MR) is 147 cm³/mol. The topological polar surface area (TPSA) is 69.6 Å². The summed E-state index contributed by atoms with van der Waals surface area (Å²) in [5.74, 6) is -0.0357. The van der Waals surface area contributed by atoms with Gasteiger partial charge in [0.05, 0.1) is 18.8 Å². The molecule has 0 saturated carbocycles. The van der Waals surface area contributed by atoms with Crippen molar-refractivity contribution in [1.82, 2.24) is 5.32 Å². The number of rotatable bonds is 27. The fraction of sp³-hybridized carbons (Fsp3) is 0.967. The van der Waals surface area contributed by atoms with E-state index < -0.39 is 12.1 Å². The van der Waals surface area contributed by atoms with Gasteiger partial charge in [-0.2, -0.15) is 0 Å². The highest BCUT2D eigenvalue weighted by Gasteiger charge is 2.19. The highest BCUT2D eigenvalue weighted by atomic mass is 16.3. The second kappa shape index (κ2) is 27.0. The van der Waals surface area contributed by atoms with E-state index in [1.807, 2.05) is 0 Å². The lowest BCUT2D eigenvalue weighted by atomic mass is 10.0. The number of amides is 1. The number of nitrogens with one attached hydrogen (secondary N) is 1. The first-order valence-electron chi connectivity index (χ1n) is 15.2. The van der Waals surface area contributed by atoms with Crippen molar-refractivity contribution in [2.24, 2.45) is 0 Å². The molecule has 0 spiro atoms. The number of unbranched alkanes of at least 4 members (excludes halogenated alkanes) is 20. The van der Waals surface area contributed by atoms with Crippen LogP contribution in [0.1, 0.15) is 168 Å². The second-order valence-corrected chi connectivity index (χ2v) is 10.5. The molecule has 0 aliphatic rings. The maximum atomic E-state index is 12.2. The van der Waals surface area contributed by atoms with Crippen molar-refractivity contribution in [2.75, 3.05) is 6.61 Å². The molecule has 34 heavy (non-hydrogen) atoms. The molecular formula is C30H61NO3. The predicted octanol–water partition coefficient (Wildman–Crippen LogP) is 8.23. The number of carbonyl (C=O) groups excluding carboxylic acids is 1. The number of hydrogen-bond acceptors (Lipinski definition) is 3. The molecule has 0 saturated heterocycles. The van der Waals surface area contributed by atoms with Crippen molar-refractivity contribution >= 4 is 5.91 Å². The van der Waals surface area contributed by atoms with Crippen LogP contribution in [0.2, 0.25) is 0 Å². The van der Waals surface area contributed by atoms with Gasteiger partial charge in [0.15, 0.2) is 0 Å². The first-order valence-corrected chi connectivity index (χ1v) is 15.2. The Morgan fingerprint density at radius 1 is 0.588 bits per heavy atom. The lowest BCUT2D eigenvalue weighted by molar-refractivity contribution is -0.123. The molecule has 0 radical (unpaired) electrons. The zero-order valence-corrected chi connectivity index (χ0v) is 23.1. The molecule has 0 aromatic heterocycles. The summed E-state index contributed by atoms with van der Waals surface area (Å²) in [7, 11) is 0. The molecule has 4 nitrogen and oxygen atoms in total. The summed E-state index contributed by atoms with van der Waals surface area (Å²) < 4.78 is 0. The van der Waals surface area contributed by atoms with Crippen LogP contribution in [0.15, 0.2) is 0 Å². The second-order valence-electron chi connectivity index (χ2n) is 10.5. The van der Waals surface area contributed by atoms with E-state index in [0.29, 0.717) is 12.8 Å². The lowest BCUT2D eigenvalue weighted by Crippen LogP contribution is -2.45. The minimum absolute atomic E-state index is 0.0357. The smallest absolute Gasteiger partial charge is 0.220 e. The van der Waals surface area contributed by atoms with E-state index in [0.717, 1.165) is 25.7 Å². The van der Waals surface area contributed by atoms with Crippen LogP contribution >= 0.6 is 0 Å². The monoisotopic (exact) mass is 483 g/mol. The number of aliphatic hydroxyl groups is 2. The van der Waals surface area contributed by atoms with Crippen molar-refractivity contribution in [3.05, 3.63) is 0 Å². The number of hydrogen-bond donors (Lipinski definition) is 3. The summed E-state index contributed by atoms with van der Waals surface area (Å²) in [5, 5.41) is 22.8. The third-order valence-corrected chi connectivity index (χ3v) is 7.12. The quantitative estimate of drug-likeness (QED) is 0.103. The van der Waals surface area contributed by atoms with Crippen LogP contribution in [-0.4, -0.2) is 34.9 Å². The van der Waals surface area contributed by atoms with E-state index in [4.69, 9.17) is 0 Å². The van der Waals surface area contributed by atoms with Crippen LogP contribution < -0.4 is 5.32 Å². The normalized spacial score (nSPS) is 13.2. The minimum atomic E-state index is -0.648. The molecule has 0 aliphatic heterocycles. The SMILES string of the molecule is CCCCCCCCCCCCCCC[C@@H](O)[C@H](CO)NC(=O)CCCCCCCCCCC. The molecule has 204 valence electrons. The van der Waals surface area contributed by atoms with Crippen LogP contribution in [0.25, 0.3) is 0 Å². The Morgan fingerprint density at radius 2 is 0.941 bits per heavy atom. The van der Waals surface area contributed by atoms with Crippen LogP contribution in [0.5, 0.6) is 0 Å². The maximum Gasteiger partial charge on any atom is 0.220 e. The van der Waals surface area contributed by atoms with Gasteiger partial charge in [0.1, 0.15) is 0 Å². The van der Waals surface area contributed by atoms with Crippen LogP contribution in [0.4, 0.5) is 0 Å². The van der Waals surface area contributed by atoms with E-state index >= 15 is 0 Å². The molecule has 0 rings (SSSR count). The van der Waals surface area contributed by atoms with Gasteiger partial charge < -0.3 is 15.5 Å². The van der Waals surface area contributed by atoms with Crippen LogP contribution in [0.3, 0.4) is 0 Å². The van der Waals surface area contributed by atoms with Gasteiger partial charge >= 0.3 is 0 Å². The van der Waals surface area contributed by atoms with Gasteiger partial charge in [-0.25, -0.2) is 0 Å². The van der Waals surface area contributed by atoms with Crippen molar-refractivity contribution in [2.45, 2.75) is 180 Å². The van der Waals surface area contributed by atoms with Gasteiger partial charge in [-0.15, -0.1) is 0 Å². The molecular weight excluding hydrogens is 422 g/mol. The summed E-state index contributed by atoms with van der Waals surface area (Å²) in [6.45, 7) is 4.32. The largest absolute Gasteiger partial charge is 0.394 e.